The lowest BCUT2D eigenvalue weighted by Crippen LogP contribution is -2.40. The number of amides is 1. The van der Waals surface area contributed by atoms with Crippen LogP contribution in [0, 0.1) is 0 Å². The molecule has 0 heterocycles. The van der Waals surface area contributed by atoms with Crippen molar-refractivity contribution in [3.05, 3.63) is 28.8 Å². The molecule has 0 fully saturated rings. The lowest BCUT2D eigenvalue weighted by Gasteiger charge is -2.15. The molecule has 19 heavy (non-hydrogen) atoms. The van der Waals surface area contributed by atoms with E-state index in [4.69, 9.17) is 26.8 Å². The monoisotopic (exact) mass is 308 g/mol. The predicted octanol–water partition coefficient (Wildman–Crippen LogP) is 1.36. The van der Waals surface area contributed by atoms with E-state index in [1.807, 2.05) is 0 Å². The maximum atomic E-state index is 11.7. The van der Waals surface area contributed by atoms with Gasteiger partial charge in [0.15, 0.2) is 0 Å². The van der Waals surface area contributed by atoms with Gasteiger partial charge in [-0.3, -0.25) is 4.79 Å². The zero-order valence-electron chi connectivity index (χ0n) is 10.8. The van der Waals surface area contributed by atoms with Gasteiger partial charge in [0.25, 0.3) is 5.91 Å². The molecule has 0 radical (unpaired) electrons. The standard InChI is InChI=1S/C12H17ClN2O3.ClH/c1-17-10-5-3-4-9(13)8(10)7-15-12(16)11(6-14)18-2;/h3-5,11H,6-7,14H2,1-2H3,(H,15,16);1H. The van der Waals surface area contributed by atoms with Crippen molar-refractivity contribution in [1.29, 1.82) is 0 Å². The number of halogens is 2. The molecule has 7 heteroatoms. The highest BCUT2D eigenvalue weighted by Gasteiger charge is 2.16. The number of carbonyl (C=O) groups is 1. The summed E-state index contributed by atoms with van der Waals surface area (Å²) in [5, 5.41) is 3.25. The van der Waals surface area contributed by atoms with Crippen LogP contribution in [0.15, 0.2) is 18.2 Å². The molecule has 1 amide bonds. The first kappa shape index (κ1) is 18.0. The molecule has 1 atom stereocenters. The average Bonchev–Trinajstić information content (AvgIpc) is 2.38. The molecule has 0 spiro atoms. The summed E-state index contributed by atoms with van der Waals surface area (Å²) in [7, 11) is 2.99. The third kappa shape index (κ3) is 4.87. The molecule has 0 aliphatic carbocycles. The molecule has 0 aromatic heterocycles. The van der Waals surface area contributed by atoms with Crippen LogP contribution in [0.25, 0.3) is 0 Å². The van der Waals surface area contributed by atoms with E-state index in [0.29, 0.717) is 10.8 Å². The average molecular weight is 309 g/mol. The van der Waals surface area contributed by atoms with Gasteiger partial charge in [0.2, 0.25) is 0 Å². The van der Waals surface area contributed by atoms with E-state index in [-0.39, 0.29) is 31.4 Å². The quantitative estimate of drug-likeness (QED) is 0.832. The fourth-order valence-electron chi connectivity index (χ4n) is 1.50. The van der Waals surface area contributed by atoms with Crippen LogP contribution in [0.2, 0.25) is 5.02 Å². The van der Waals surface area contributed by atoms with E-state index in [0.717, 1.165) is 5.56 Å². The minimum absolute atomic E-state index is 0. The molecule has 0 saturated carbocycles. The SMILES string of the molecule is COc1cccc(Cl)c1CNC(=O)C(CN)OC.Cl. The van der Waals surface area contributed by atoms with Crippen molar-refractivity contribution in [3.63, 3.8) is 0 Å². The van der Waals surface area contributed by atoms with Crippen LogP contribution in [-0.2, 0) is 16.1 Å². The van der Waals surface area contributed by atoms with Crippen molar-refractivity contribution in [1.82, 2.24) is 5.32 Å². The Morgan fingerprint density at radius 1 is 1.47 bits per heavy atom. The Balaban J connectivity index is 0.00000324. The number of hydrogen-bond donors (Lipinski definition) is 2. The molecule has 1 unspecified atom stereocenters. The third-order valence-corrected chi connectivity index (χ3v) is 2.88. The molecule has 3 N–H and O–H groups in total. The molecule has 108 valence electrons. The van der Waals surface area contributed by atoms with Crippen molar-refractivity contribution >= 4 is 29.9 Å². The van der Waals surface area contributed by atoms with Gasteiger partial charge in [0.1, 0.15) is 11.9 Å². The normalized spacial score (nSPS) is 11.4. The van der Waals surface area contributed by atoms with Crippen LogP contribution in [0.3, 0.4) is 0 Å². The molecular weight excluding hydrogens is 291 g/mol. The van der Waals surface area contributed by atoms with Gasteiger partial charge in [0, 0.05) is 30.8 Å². The largest absolute Gasteiger partial charge is 0.496 e. The first-order chi connectivity index (χ1) is 8.63. The summed E-state index contributed by atoms with van der Waals surface area (Å²) in [5.41, 5.74) is 6.13. The van der Waals surface area contributed by atoms with Crippen molar-refractivity contribution in [3.8, 4) is 5.75 Å². The molecule has 0 aliphatic rings. The minimum Gasteiger partial charge on any atom is -0.496 e. The summed E-state index contributed by atoms with van der Waals surface area (Å²) in [5.74, 6) is 0.353. The van der Waals surface area contributed by atoms with Crippen molar-refractivity contribution in [2.75, 3.05) is 20.8 Å². The highest BCUT2D eigenvalue weighted by molar-refractivity contribution is 6.31. The van der Waals surface area contributed by atoms with Gasteiger partial charge < -0.3 is 20.5 Å². The summed E-state index contributed by atoms with van der Waals surface area (Å²) < 4.78 is 10.1. The lowest BCUT2D eigenvalue weighted by atomic mass is 10.2. The Morgan fingerprint density at radius 3 is 2.68 bits per heavy atom. The number of hydrogen-bond acceptors (Lipinski definition) is 4. The maximum absolute atomic E-state index is 11.7. The topological polar surface area (TPSA) is 73.6 Å². The van der Waals surface area contributed by atoms with E-state index < -0.39 is 6.10 Å². The lowest BCUT2D eigenvalue weighted by molar-refractivity contribution is -0.130. The van der Waals surface area contributed by atoms with Crippen LogP contribution in [0.5, 0.6) is 5.75 Å². The van der Waals surface area contributed by atoms with Crippen LogP contribution < -0.4 is 15.8 Å². The van der Waals surface area contributed by atoms with Crippen LogP contribution in [0.1, 0.15) is 5.56 Å². The molecule has 0 aliphatic heterocycles. The van der Waals surface area contributed by atoms with Crippen LogP contribution in [-0.4, -0.2) is 32.8 Å². The second kappa shape index (κ2) is 8.98. The fourth-order valence-corrected chi connectivity index (χ4v) is 1.73. The van der Waals surface area contributed by atoms with Crippen molar-refractivity contribution < 1.29 is 14.3 Å². The number of ether oxygens (including phenoxy) is 2. The molecule has 5 nitrogen and oxygen atoms in total. The van der Waals surface area contributed by atoms with Gasteiger partial charge in [-0.1, -0.05) is 17.7 Å². The van der Waals surface area contributed by atoms with Gasteiger partial charge >= 0.3 is 0 Å². The summed E-state index contributed by atoms with van der Waals surface area (Å²) in [6.07, 6.45) is -0.654. The maximum Gasteiger partial charge on any atom is 0.250 e. The molecule has 1 rings (SSSR count). The molecule has 0 bridgehead atoms. The number of carbonyl (C=O) groups excluding carboxylic acids is 1. The van der Waals surface area contributed by atoms with Crippen molar-refractivity contribution in [2.45, 2.75) is 12.6 Å². The fraction of sp³-hybridized carbons (Fsp3) is 0.417. The second-order valence-corrected chi connectivity index (χ2v) is 4.01. The first-order valence-electron chi connectivity index (χ1n) is 5.46. The molecule has 0 saturated heterocycles. The second-order valence-electron chi connectivity index (χ2n) is 3.60. The highest BCUT2D eigenvalue weighted by Crippen LogP contribution is 2.25. The highest BCUT2D eigenvalue weighted by atomic mass is 35.5. The third-order valence-electron chi connectivity index (χ3n) is 2.53. The van der Waals surface area contributed by atoms with Crippen LogP contribution in [0.4, 0.5) is 0 Å². The number of nitrogens with one attached hydrogen (secondary N) is 1. The molecular formula is C12H18Cl2N2O3. The van der Waals surface area contributed by atoms with Gasteiger partial charge in [-0.15, -0.1) is 12.4 Å². The van der Waals surface area contributed by atoms with Gasteiger partial charge in [-0.2, -0.15) is 0 Å². The summed E-state index contributed by atoms with van der Waals surface area (Å²) in [4.78, 5) is 11.7. The Hall–Kier alpha value is -1.01. The smallest absolute Gasteiger partial charge is 0.250 e. The van der Waals surface area contributed by atoms with E-state index in [9.17, 15) is 4.79 Å². The Kier molecular flexibility index (Phi) is 8.51. The van der Waals surface area contributed by atoms with Crippen LogP contribution >= 0.6 is 24.0 Å². The predicted molar refractivity (Wildman–Crippen MR) is 77.0 cm³/mol. The number of methoxy groups -OCH3 is 2. The zero-order chi connectivity index (χ0) is 13.5. The molecule has 1 aromatic rings. The number of benzene rings is 1. The Labute approximate surface area is 123 Å². The Bertz CT molecular complexity index is 412. The number of nitrogens with two attached hydrogens (primary N) is 1. The first-order valence-corrected chi connectivity index (χ1v) is 5.83. The van der Waals surface area contributed by atoms with E-state index in [2.05, 4.69) is 5.32 Å². The van der Waals surface area contributed by atoms with Crippen molar-refractivity contribution in [2.24, 2.45) is 5.73 Å². The number of rotatable bonds is 6. The summed E-state index contributed by atoms with van der Waals surface area (Å²) in [6.45, 7) is 0.392. The van der Waals surface area contributed by atoms with Gasteiger partial charge in [0.05, 0.1) is 7.11 Å². The summed E-state index contributed by atoms with van der Waals surface area (Å²) >= 11 is 6.05. The Morgan fingerprint density at radius 2 is 2.16 bits per heavy atom. The van der Waals surface area contributed by atoms with Gasteiger partial charge in [-0.05, 0) is 12.1 Å². The summed E-state index contributed by atoms with van der Waals surface area (Å²) in [6, 6.07) is 5.30. The van der Waals surface area contributed by atoms with E-state index >= 15 is 0 Å². The molecule has 1 aromatic carbocycles. The zero-order valence-corrected chi connectivity index (χ0v) is 12.4. The van der Waals surface area contributed by atoms with Gasteiger partial charge in [-0.25, -0.2) is 0 Å². The minimum atomic E-state index is -0.654. The van der Waals surface area contributed by atoms with E-state index in [1.165, 1.54) is 7.11 Å². The van der Waals surface area contributed by atoms with E-state index in [1.54, 1.807) is 25.3 Å².